The second kappa shape index (κ2) is 6.52. The fourth-order valence-electron chi connectivity index (χ4n) is 2.71. The molecule has 3 nitrogen and oxygen atoms in total. The van der Waals surface area contributed by atoms with Crippen LogP contribution < -0.4 is 4.18 Å². The van der Waals surface area contributed by atoms with Gasteiger partial charge in [0.2, 0.25) is 0 Å². The molecule has 0 heterocycles. The molecule has 1 atom stereocenters. The van der Waals surface area contributed by atoms with E-state index in [2.05, 4.69) is 19.9 Å². The van der Waals surface area contributed by atoms with E-state index in [4.69, 9.17) is 4.18 Å². The number of hydrogen-bond donors (Lipinski definition) is 0. The Morgan fingerprint density at radius 3 is 2.17 bits per heavy atom. The fourth-order valence-corrected chi connectivity index (χ4v) is 3.00. The Bertz CT molecular complexity index is 812. The van der Waals surface area contributed by atoms with Gasteiger partial charge in [-0.1, -0.05) is 68.4 Å². The molecule has 0 radical (unpaired) electrons. The summed E-state index contributed by atoms with van der Waals surface area (Å²) in [6.07, 6.45) is 0. The molecule has 0 aliphatic heterocycles. The Hall–Kier alpha value is -2.17. The van der Waals surface area contributed by atoms with Crippen LogP contribution in [0.15, 0.2) is 60.7 Å². The first-order valence-electron chi connectivity index (χ1n) is 7.46. The zero-order valence-corrected chi connectivity index (χ0v) is 13.8. The summed E-state index contributed by atoms with van der Waals surface area (Å²) in [6, 6.07) is 19.7. The van der Waals surface area contributed by atoms with Gasteiger partial charge in [-0.15, -0.1) is 0 Å². The van der Waals surface area contributed by atoms with Crippen molar-refractivity contribution >= 4 is 11.4 Å². The number of benzene rings is 1. The maximum Gasteiger partial charge on any atom is 0.147 e. The molecule has 0 saturated carbocycles. The van der Waals surface area contributed by atoms with Crippen LogP contribution in [-0.2, 0) is 11.4 Å². The minimum atomic E-state index is -2.60. The number of fused-ring (bicyclic) bond motifs is 1. The third-order valence-electron chi connectivity index (χ3n) is 3.92. The Labute approximate surface area is 138 Å². The average Bonchev–Trinajstić information content (AvgIpc) is 2.71. The maximum absolute atomic E-state index is 11.0. The van der Waals surface area contributed by atoms with Gasteiger partial charge >= 0.3 is 0 Å². The van der Waals surface area contributed by atoms with E-state index in [1.165, 1.54) is 5.56 Å². The largest absolute Gasteiger partial charge is 0.740 e. The summed E-state index contributed by atoms with van der Waals surface area (Å²) in [5.74, 6) is 0.753. The SMILES string of the molecule is CC(C)c1ccc2c(OS(=O)[O-])cc(-c3ccccc3)c-2cc1. The second-order valence-electron chi connectivity index (χ2n) is 5.72. The molecule has 0 bridgehead atoms. The van der Waals surface area contributed by atoms with E-state index < -0.39 is 11.4 Å². The van der Waals surface area contributed by atoms with Gasteiger partial charge in [0.25, 0.3) is 0 Å². The Morgan fingerprint density at radius 1 is 0.913 bits per heavy atom. The predicted molar refractivity (Wildman–Crippen MR) is 92.1 cm³/mol. The van der Waals surface area contributed by atoms with Crippen LogP contribution >= 0.6 is 0 Å². The van der Waals surface area contributed by atoms with Gasteiger partial charge in [-0.2, -0.15) is 0 Å². The molecule has 0 spiro atoms. The lowest BCUT2D eigenvalue weighted by Crippen LogP contribution is -1.97. The molecular formula is C19H17O3S-. The van der Waals surface area contributed by atoms with Crippen LogP contribution in [0, 0.1) is 0 Å². The van der Waals surface area contributed by atoms with Crippen LogP contribution in [0.25, 0.3) is 22.3 Å². The molecule has 1 aromatic carbocycles. The monoisotopic (exact) mass is 325 g/mol. The van der Waals surface area contributed by atoms with E-state index in [0.29, 0.717) is 11.7 Å². The summed E-state index contributed by atoms with van der Waals surface area (Å²) in [5.41, 5.74) is 4.95. The molecule has 0 saturated heterocycles. The van der Waals surface area contributed by atoms with Crippen molar-refractivity contribution in [2.75, 3.05) is 0 Å². The van der Waals surface area contributed by atoms with Crippen molar-refractivity contribution in [1.82, 2.24) is 0 Å². The van der Waals surface area contributed by atoms with Crippen molar-refractivity contribution in [1.29, 1.82) is 0 Å². The minimum Gasteiger partial charge on any atom is -0.740 e. The highest BCUT2D eigenvalue weighted by Crippen LogP contribution is 2.43. The lowest BCUT2D eigenvalue weighted by Gasteiger charge is -2.06. The highest BCUT2D eigenvalue weighted by Gasteiger charge is 2.18. The first-order chi connectivity index (χ1) is 11.1. The fraction of sp³-hybridized carbons (Fsp3) is 0.158. The van der Waals surface area contributed by atoms with E-state index >= 15 is 0 Å². The molecule has 2 aliphatic rings. The highest BCUT2D eigenvalue weighted by molar-refractivity contribution is 7.74. The average molecular weight is 325 g/mol. The lowest BCUT2D eigenvalue weighted by molar-refractivity contribution is 0.441. The van der Waals surface area contributed by atoms with Crippen molar-refractivity contribution in [3.8, 4) is 28.0 Å². The van der Waals surface area contributed by atoms with Crippen molar-refractivity contribution in [2.45, 2.75) is 19.8 Å². The van der Waals surface area contributed by atoms with Gasteiger partial charge in [0, 0.05) is 5.56 Å². The third kappa shape index (κ3) is 3.28. The Morgan fingerprint density at radius 2 is 1.57 bits per heavy atom. The summed E-state index contributed by atoms with van der Waals surface area (Å²) in [5, 5.41) is 0. The van der Waals surface area contributed by atoms with E-state index in [1.54, 1.807) is 6.07 Å². The van der Waals surface area contributed by atoms with E-state index in [9.17, 15) is 8.76 Å². The van der Waals surface area contributed by atoms with E-state index in [-0.39, 0.29) is 0 Å². The molecule has 0 N–H and O–H groups in total. The van der Waals surface area contributed by atoms with Gasteiger partial charge in [0.15, 0.2) is 0 Å². The van der Waals surface area contributed by atoms with E-state index in [1.807, 2.05) is 48.5 Å². The van der Waals surface area contributed by atoms with Crippen molar-refractivity contribution in [3.05, 3.63) is 66.2 Å². The minimum absolute atomic E-state index is 0.359. The number of rotatable bonds is 4. The van der Waals surface area contributed by atoms with Crippen LogP contribution in [0.3, 0.4) is 0 Å². The van der Waals surface area contributed by atoms with Crippen LogP contribution in [0.5, 0.6) is 5.75 Å². The smallest absolute Gasteiger partial charge is 0.147 e. The summed E-state index contributed by atoms with van der Waals surface area (Å²) < 4.78 is 27.0. The Kier molecular flexibility index (Phi) is 4.46. The predicted octanol–water partition coefficient (Wildman–Crippen LogP) is 4.75. The van der Waals surface area contributed by atoms with Gasteiger partial charge in [-0.25, -0.2) is 4.21 Å². The zero-order valence-electron chi connectivity index (χ0n) is 13.0. The molecule has 118 valence electrons. The van der Waals surface area contributed by atoms with Crippen LogP contribution in [0.1, 0.15) is 25.3 Å². The second-order valence-corrected chi connectivity index (χ2v) is 6.30. The first kappa shape index (κ1) is 15.7. The van der Waals surface area contributed by atoms with Crippen molar-refractivity contribution in [2.24, 2.45) is 0 Å². The topological polar surface area (TPSA) is 49.4 Å². The van der Waals surface area contributed by atoms with Gasteiger partial charge in [0.05, 0.1) is 0 Å². The number of hydrogen-bond acceptors (Lipinski definition) is 3. The molecule has 1 unspecified atom stereocenters. The summed E-state index contributed by atoms with van der Waals surface area (Å²) >= 11 is -2.60. The third-order valence-corrected chi connectivity index (χ3v) is 4.23. The standard InChI is InChI=1S/C19H18O3S/c1-13(2)14-8-10-16-17(11-9-14)19(22-23(20)21)12-18(16)15-6-4-3-5-7-15/h3-13H,1-2H3,(H,20,21)/p-1. The molecule has 0 amide bonds. The van der Waals surface area contributed by atoms with Gasteiger partial charge in [0.1, 0.15) is 17.1 Å². The molecule has 1 aromatic rings. The molecule has 2 aliphatic carbocycles. The maximum atomic E-state index is 11.0. The van der Waals surface area contributed by atoms with Crippen LogP contribution in [0.2, 0.25) is 0 Å². The van der Waals surface area contributed by atoms with Crippen LogP contribution in [0.4, 0.5) is 0 Å². The summed E-state index contributed by atoms with van der Waals surface area (Å²) in [4.78, 5) is 0. The highest BCUT2D eigenvalue weighted by atomic mass is 32.2. The first-order valence-corrected chi connectivity index (χ1v) is 8.46. The van der Waals surface area contributed by atoms with Gasteiger partial charge in [-0.05, 0) is 34.2 Å². The van der Waals surface area contributed by atoms with Crippen molar-refractivity contribution < 1.29 is 12.9 Å². The van der Waals surface area contributed by atoms with Gasteiger partial charge < -0.3 is 8.74 Å². The quantitative estimate of drug-likeness (QED) is 0.650. The summed E-state index contributed by atoms with van der Waals surface area (Å²) in [7, 11) is 0. The molecule has 3 rings (SSSR count). The zero-order chi connectivity index (χ0) is 16.4. The lowest BCUT2D eigenvalue weighted by atomic mass is 10.0. The van der Waals surface area contributed by atoms with Crippen molar-refractivity contribution in [3.63, 3.8) is 0 Å². The molecule has 4 heteroatoms. The van der Waals surface area contributed by atoms with E-state index in [0.717, 1.165) is 22.3 Å². The normalized spacial score (nSPS) is 12.5. The summed E-state index contributed by atoms with van der Waals surface area (Å²) in [6.45, 7) is 4.25. The molecular weight excluding hydrogens is 308 g/mol. The molecule has 0 aromatic heterocycles. The van der Waals surface area contributed by atoms with Gasteiger partial charge in [-0.3, -0.25) is 0 Å². The molecule has 0 fully saturated rings. The Balaban J connectivity index is 2.22. The van der Waals surface area contributed by atoms with Crippen LogP contribution in [-0.4, -0.2) is 8.76 Å². The molecule has 23 heavy (non-hydrogen) atoms.